The summed E-state index contributed by atoms with van der Waals surface area (Å²) in [6.07, 6.45) is 0.541. The first-order chi connectivity index (χ1) is 6.51. The summed E-state index contributed by atoms with van der Waals surface area (Å²) in [6, 6.07) is 0. The number of hydrogen-bond acceptors (Lipinski definition) is 3. The van der Waals surface area contributed by atoms with Gasteiger partial charge in [-0.3, -0.25) is 4.79 Å². The summed E-state index contributed by atoms with van der Waals surface area (Å²) in [4.78, 5) is 13.6. The minimum absolute atomic E-state index is 0.00137. The smallest absolute Gasteiger partial charge is 0.222 e. The van der Waals surface area contributed by atoms with E-state index >= 15 is 0 Å². The molecule has 0 aromatic rings. The van der Waals surface area contributed by atoms with E-state index in [1.54, 1.807) is 0 Å². The SMILES string of the molecule is CCC(=O)N1CC(CN)OCC1(C)C. The maximum absolute atomic E-state index is 11.7. The Hall–Kier alpha value is -0.610. The van der Waals surface area contributed by atoms with Gasteiger partial charge in [0.05, 0.1) is 18.2 Å². The summed E-state index contributed by atoms with van der Waals surface area (Å²) in [6.45, 7) is 7.59. The molecule has 1 unspecified atom stereocenters. The average molecular weight is 200 g/mol. The zero-order chi connectivity index (χ0) is 10.8. The maximum Gasteiger partial charge on any atom is 0.222 e. The van der Waals surface area contributed by atoms with Crippen LogP contribution < -0.4 is 5.73 Å². The quantitative estimate of drug-likeness (QED) is 0.700. The van der Waals surface area contributed by atoms with Crippen molar-refractivity contribution in [2.45, 2.75) is 38.8 Å². The monoisotopic (exact) mass is 200 g/mol. The van der Waals surface area contributed by atoms with Gasteiger partial charge in [0.1, 0.15) is 0 Å². The minimum atomic E-state index is -0.196. The van der Waals surface area contributed by atoms with Crippen LogP contribution in [-0.2, 0) is 9.53 Å². The van der Waals surface area contributed by atoms with Gasteiger partial charge in [-0.05, 0) is 13.8 Å². The lowest BCUT2D eigenvalue weighted by atomic mass is 10.00. The first kappa shape index (κ1) is 11.5. The molecule has 0 saturated carbocycles. The Kier molecular flexibility index (Phi) is 3.50. The van der Waals surface area contributed by atoms with Crippen molar-refractivity contribution in [1.82, 2.24) is 4.90 Å². The molecule has 1 amide bonds. The molecule has 14 heavy (non-hydrogen) atoms. The van der Waals surface area contributed by atoms with Crippen molar-refractivity contribution in [3.63, 3.8) is 0 Å². The van der Waals surface area contributed by atoms with E-state index in [9.17, 15) is 4.79 Å². The summed E-state index contributed by atoms with van der Waals surface area (Å²) in [5.74, 6) is 0.178. The zero-order valence-electron chi connectivity index (χ0n) is 9.25. The van der Waals surface area contributed by atoms with Gasteiger partial charge in [-0.2, -0.15) is 0 Å². The maximum atomic E-state index is 11.7. The Balaban J connectivity index is 2.71. The second-order valence-electron chi connectivity index (χ2n) is 4.34. The molecule has 0 radical (unpaired) electrons. The highest BCUT2D eigenvalue weighted by Gasteiger charge is 2.36. The van der Waals surface area contributed by atoms with Crippen LogP contribution in [-0.4, -0.2) is 42.1 Å². The number of carbonyl (C=O) groups excluding carboxylic acids is 1. The Morgan fingerprint density at radius 1 is 1.64 bits per heavy atom. The molecule has 1 saturated heterocycles. The molecule has 0 aromatic carbocycles. The van der Waals surface area contributed by atoms with Gasteiger partial charge in [0.2, 0.25) is 5.91 Å². The highest BCUT2D eigenvalue weighted by atomic mass is 16.5. The second kappa shape index (κ2) is 4.28. The van der Waals surface area contributed by atoms with Crippen molar-refractivity contribution in [3.8, 4) is 0 Å². The van der Waals surface area contributed by atoms with Crippen LogP contribution in [0.3, 0.4) is 0 Å². The van der Waals surface area contributed by atoms with E-state index in [0.29, 0.717) is 26.1 Å². The molecule has 82 valence electrons. The van der Waals surface area contributed by atoms with Gasteiger partial charge < -0.3 is 15.4 Å². The third kappa shape index (κ3) is 2.25. The van der Waals surface area contributed by atoms with Gasteiger partial charge in [0.15, 0.2) is 0 Å². The van der Waals surface area contributed by atoms with Crippen molar-refractivity contribution in [2.24, 2.45) is 5.73 Å². The molecule has 1 aliphatic rings. The molecule has 1 fully saturated rings. The van der Waals surface area contributed by atoms with Gasteiger partial charge in [-0.1, -0.05) is 6.92 Å². The third-order valence-electron chi connectivity index (χ3n) is 2.66. The standard InChI is InChI=1S/C10H20N2O2/c1-4-9(13)12-6-8(5-11)14-7-10(12,2)3/h8H,4-7,11H2,1-3H3. The molecule has 1 aliphatic heterocycles. The molecule has 0 bridgehead atoms. The van der Waals surface area contributed by atoms with E-state index < -0.39 is 0 Å². The molecule has 0 spiro atoms. The Morgan fingerprint density at radius 2 is 2.29 bits per heavy atom. The van der Waals surface area contributed by atoms with Crippen molar-refractivity contribution in [2.75, 3.05) is 19.7 Å². The normalized spacial score (nSPS) is 26.3. The molecule has 0 aliphatic carbocycles. The number of amides is 1. The largest absolute Gasteiger partial charge is 0.373 e. The number of ether oxygens (including phenoxy) is 1. The summed E-state index contributed by atoms with van der Waals surface area (Å²) >= 11 is 0. The number of rotatable bonds is 2. The summed E-state index contributed by atoms with van der Waals surface area (Å²) in [5.41, 5.74) is 5.34. The van der Waals surface area contributed by atoms with Gasteiger partial charge in [0, 0.05) is 19.5 Å². The summed E-state index contributed by atoms with van der Waals surface area (Å²) in [7, 11) is 0. The molecular formula is C10H20N2O2. The Bertz CT molecular complexity index is 216. The van der Waals surface area contributed by atoms with E-state index in [4.69, 9.17) is 10.5 Å². The first-order valence-corrected chi connectivity index (χ1v) is 5.13. The van der Waals surface area contributed by atoms with Crippen LogP contribution in [0, 0.1) is 0 Å². The summed E-state index contributed by atoms with van der Waals surface area (Å²) < 4.78 is 5.55. The summed E-state index contributed by atoms with van der Waals surface area (Å²) in [5, 5.41) is 0. The van der Waals surface area contributed by atoms with Crippen molar-refractivity contribution < 1.29 is 9.53 Å². The second-order valence-corrected chi connectivity index (χ2v) is 4.34. The van der Waals surface area contributed by atoms with E-state index in [0.717, 1.165) is 0 Å². The molecule has 1 heterocycles. The third-order valence-corrected chi connectivity index (χ3v) is 2.66. The first-order valence-electron chi connectivity index (χ1n) is 5.13. The number of morpholine rings is 1. The minimum Gasteiger partial charge on any atom is -0.373 e. The van der Waals surface area contributed by atoms with E-state index in [1.807, 2.05) is 25.7 Å². The van der Waals surface area contributed by atoms with Crippen molar-refractivity contribution in [1.29, 1.82) is 0 Å². The van der Waals surface area contributed by atoms with Crippen LogP contribution in [0.5, 0.6) is 0 Å². The molecule has 4 heteroatoms. The number of hydrogen-bond donors (Lipinski definition) is 1. The van der Waals surface area contributed by atoms with Crippen LogP contribution in [0.1, 0.15) is 27.2 Å². The molecule has 1 atom stereocenters. The molecule has 2 N–H and O–H groups in total. The lowest BCUT2D eigenvalue weighted by Crippen LogP contribution is -2.59. The highest BCUT2D eigenvalue weighted by molar-refractivity contribution is 5.76. The van der Waals surface area contributed by atoms with Crippen LogP contribution in [0.25, 0.3) is 0 Å². The van der Waals surface area contributed by atoms with Crippen molar-refractivity contribution in [3.05, 3.63) is 0 Å². The Morgan fingerprint density at radius 3 is 2.79 bits per heavy atom. The fraction of sp³-hybridized carbons (Fsp3) is 0.900. The number of nitrogens with zero attached hydrogens (tertiary/aromatic N) is 1. The van der Waals surface area contributed by atoms with Gasteiger partial charge in [-0.25, -0.2) is 0 Å². The Labute approximate surface area is 85.4 Å². The van der Waals surface area contributed by atoms with Crippen LogP contribution in [0.2, 0.25) is 0 Å². The predicted octanol–water partition coefficient (Wildman–Crippen LogP) is 0.361. The van der Waals surface area contributed by atoms with Gasteiger partial charge >= 0.3 is 0 Å². The van der Waals surface area contributed by atoms with Crippen LogP contribution >= 0.6 is 0 Å². The van der Waals surface area contributed by atoms with Gasteiger partial charge in [0.25, 0.3) is 0 Å². The van der Waals surface area contributed by atoms with Crippen LogP contribution in [0.4, 0.5) is 0 Å². The lowest BCUT2D eigenvalue weighted by molar-refractivity contribution is -0.153. The van der Waals surface area contributed by atoms with Gasteiger partial charge in [-0.15, -0.1) is 0 Å². The molecular weight excluding hydrogens is 180 g/mol. The van der Waals surface area contributed by atoms with Crippen molar-refractivity contribution >= 4 is 5.91 Å². The zero-order valence-corrected chi connectivity index (χ0v) is 9.25. The lowest BCUT2D eigenvalue weighted by Gasteiger charge is -2.45. The fourth-order valence-electron chi connectivity index (χ4n) is 1.68. The topological polar surface area (TPSA) is 55.6 Å². The number of nitrogens with two attached hydrogens (primary N) is 1. The van der Waals surface area contributed by atoms with E-state index in [1.165, 1.54) is 0 Å². The van der Waals surface area contributed by atoms with Crippen LogP contribution in [0.15, 0.2) is 0 Å². The molecule has 4 nitrogen and oxygen atoms in total. The molecule has 0 aromatic heterocycles. The fourth-order valence-corrected chi connectivity index (χ4v) is 1.68. The highest BCUT2D eigenvalue weighted by Crippen LogP contribution is 2.22. The average Bonchev–Trinajstić information content (AvgIpc) is 2.16. The van der Waals surface area contributed by atoms with E-state index in [-0.39, 0.29) is 17.6 Å². The van der Waals surface area contributed by atoms with E-state index in [2.05, 4.69) is 0 Å². The number of carbonyl (C=O) groups is 1. The predicted molar refractivity (Wildman–Crippen MR) is 54.9 cm³/mol. The molecule has 1 rings (SSSR count).